The van der Waals surface area contributed by atoms with Gasteiger partial charge in [0.2, 0.25) is 0 Å². The molecule has 2 aliphatic heterocycles. The quantitative estimate of drug-likeness (QED) is 0.889. The predicted octanol–water partition coefficient (Wildman–Crippen LogP) is 2.07. The molecule has 1 aromatic heterocycles. The average Bonchev–Trinajstić information content (AvgIpc) is 3.00. The van der Waals surface area contributed by atoms with Crippen LogP contribution in [0.4, 0.5) is 5.82 Å². The van der Waals surface area contributed by atoms with Crippen molar-refractivity contribution >= 4 is 5.82 Å². The van der Waals surface area contributed by atoms with Crippen LogP contribution in [0.3, 0.4) is 0 Å². The third-order valence-electron chi connectivity index (χ3n) is 4.39. The van der Waals surface area contributed by atoms with Crippen LogP contribution in [0.5, 0.6) is 0 Å². The average molecular weight is 248 g/mol. The molecule has 1 unspecified atom stereocenters. The highest BCUT2D eigenvalue weighted by Crippen LogP contribution is 2.34. The standard InChI is InChI=1S/C14H24N4/c1-3-17-9-5-6-11(10-17)13-12-7-8-15-14(12)18(4-2)16-13/h11,15H,3-10H2,1-2H3. The highest BCUT2D eigenvalue weighted by atomic mass is 15.3. The van der Waals surface area contributed by atoms with Crippen molar-refractivity contribution in [2.24, 2.45) is 0 Å². The van der Waals surface area contributed by atoms with E-state index in [0.29, 0.717) is 5.92 Å². The molecule has 0 aromatic carbocycles. The van der Waals surface area contributed by atoms with Crippen molar-refractivity contribution in [3.05, 3.63) is 11.3 Å². The minimum Gasteiger partial charge on any atom is -0.370 e. The summed E-state index contributed by atoms with van der Waals surface area (Å²) >= 11 is 0. The predicted molar refractivity (Wildman–Crippen MR) is 74.2 cm³/mol. The fraction of sp³-hybridized carbons (Fsp3) is 0.786. The number of aryl methyl sites for hydroxylation is 1. The van der Waals surface area contributed by atoms with E-state index in [1.54, 1.807) is 0 Å². The highest BCUT2D eigenvalue weighted by molar-refractivity contribution is 5.53. The van der Waals surface area contributed by atoms with Crippen LogP contribution in [-0.4, -0.2) is 40.9 Å². The van der Waals surface area contributed by atoms with Crippen LogP contribution in [0, 0.1) is 0 Å². The molecule has 0 radical (unpaired) electrons. The molecular weight excluding hydrogens is 224 g/mol. The number of hydrogen-bond donors (Lipinski definition) is 1. The van der Waals surface area contributed by atoms with Crippen molar-refractivity contribution in [3.8, 4) is 0 Å². The number of fused-ring (bicyclic) bond motifs is 1. The molecule has 1 aromatic rings. The molecule has 1 atom stereocenters. The van der Waals surface area contributed by atoms with Gasteiger partial charge in [-0.3, -0.25) is 0 Å². The van der Waals surface area contributed by atoms with E-state index >= 15 is 0 Å². The fourth-order valence-electron chi connectivity index (χ4n) is 3.39. The van der Waals surface area contributed by atoms with E-state index in [2.05, 4.69) is 28.7 Å². The van der Waals surface area contributed by atoms with Crippen LogP contribution in [0.1, 0.15) is 43.9 Å². The molecule has 0 aliphatic carbocycles. The minimum atomic E-state index is 0.653. The maximum Gasteiger partial charge on any atom is 0.127 e. The Morgan fingerprint density at radius 3 is 3.00 bits per heavy atom. The van der Waals surface area contributed by atoms with E-state index in [0.717, 1.165) is 19.5 Å². The van der Waals surface area contributed by atoms with Crippen LogP contribution in [0.25, 0.3) is 0 Å². The van der Waals surface area contributed by atoms with Gasteiger partial charge in [-0.1, -0.05) is 6.92 Å². The largest absolute Gasteiger partial charge is 0.370 e. The van der Waals surface area contributed by atoms with Crippen molar-refractivity contribution in [3.63, 3.8) is 0 Å². The number of nitrogens with one attached hydrogen (secondary N) is 1. The maximum absolute atomic E-state index is 4.87. The van der Waals surface area contributed by atoms with Gasteiger partial charge in [-0.05, 0) is 39.3 Å². The number of piperidine rings is 1. The number of anilines is 1. The number of nitrogens with zero attached hydrogens (tertiary/aromatic N) is 3. The lowest BCUT2D eigenvalue weighted by Gasteiger charge is -2.31. The molecule has 1 N–H and O–H groups in total. The third-order valence-corrected chi connectivity index (χ3v) is 4.39. The lowest BCUT2D eigenvalue weighted by atomic mass is 9.92. The van der Waals surface area contributed by atoms with Gasteiger partial charge in [0, 0.05) is 31.1 Å². The number of hydrogen-bond acceptors (Lipinski definition) is 3. The molecule has 18 heavy (non-hydrogen) atoms. The van der Waals surface area contributed by atoms with Gasteiger partial charge < -0.3 is 10.2 Å². The Hall–Kier alpha value is -1.03. The summed E-state index contributed by atoms with van der Waals surface area (Å²) in [5.41, 5.74) is 2.88. The van der Waals surface area contributed by atoms with Gasteiger partial charge in [0.1, 0.15) is 5.82 Å². The molecule has 4 heteroatoms. The van der Waals surface area contributed by atoms with Crippen molar-refractivity contribution in [1.29, 1.82) is 0 Å². The summed E-state index contributed by atoms with van der Waals surface area (Å²) < 4.78 is 2.16. The SMILES string of the molecule is CCN1CCCC(c2nn(CC)c3c2CCN3)C1. The van der Waals surface area contributed by atoms with Crippen LogP contribution >= 0.6 is 0 Å². The zero-order valence-electron chi connectivity index (χ0n) is 11.6. The second kappa shape index (κ2) is 4.92. The van der Waals surface area contributed by atoms with Crippen molar-refractivity contribution < 1.29 is 0 Å². The molecule has 0 amide bonds. The molecule has 0 saturated carbocycles. The Kier molecular flexibility index (Phi) is 3.29. The monoisotopic (exact) mass is 248 g/mol. The molecule has 3 rings (SSSR count). The summed E-state index contributed by atoms with van der Waals surface area (Å²) in [4.78, 5) is 2.56. The summed E-state index contributed by atoms with van der Waals surface area (Å²) in [5, 5.41) is 8.36. The molecule has 1 saturated heterocycles. The first-order valence-electron chi connectivity index (χ1n) is 7.39. The number of likely N-dealkylation sites (N-methyl/N-ethyl adjacent to an activating group) is 1. The first kappa shape index (κ1) is 12.0. The molecule has 1 fully saturated rings. The molecule has 0 spiro atoms. The highest BCUT2D eigenvalue weighted by Gasteiger charge is 2.29. The Labute approximate surface area is 109 Å². The Balaban J connectivity index is 1.87. The van der Waals surface area contributed by atoms with Gasteiger partial charge in [0.15, 0.2) is 0 Å². The first-order valence-corrected chi connectivity index (χ1v) is 7.39. The second-order valence-electron chi connectivity index (χ2n) is 5.44. The normalized spacial score (nSPS) is 24.0. The molecule has 3 heterocycles. The van der Waals surface area contributed by atoms with E-state index in [1.165, 1.54) is 49.6 Å². The number of likely N-dealkylation sites (tertiary alicyclic amines) is 1. The summed E-state index contributed by atoms with van der Waals surface area (Å²) in [6.07, 6.45) is 3.79. The molecule has 100 valence electrons. The van der Waals surface area contributed by atoms with Crippen LogP contribution < -0.4 is 5.32 Å². The smallest absolute Gasteiger partial charge is 0.127 e. The maximum atomic E-state index is 4.87. The van der Waals surface area contributed by atoms with Gasteiger partial charge in [0.05, 0.1) is 5.69 Å². The van der Waals surface area contributed by atoms with Crippen LogP contribution in [0.2, 0.25) is 0 Å². The van der Waals surface area contributed by atoms with E-state index in [-0.39, 0.29) is 0 Å². The zero-order chi connectivity index (χ0) is 12.5. The van der Waals surface area contributed by atoms with E-state index < -0.39 is 0 Å². The van der Waals surface area contributed by atoms with Crippen molar-refractivity contribution in [1.82, 2.24) is 14.7 Å². The third kappa shape index (κ3) is 1.92. The Bertz CT molecular complexity index is 424. The summed E-state index contributed by atoms with van der Waals surface area (Å²) in [6, 6.07) is 0. The fourth-order valence-corrected chi connectivity index (χ4v) is 3.39. The minimum absolute atomic E-state index is 0.653. The van der Waals surface area contributed by atoms with Gasteiger partial charge in [-0.2, -0.15) is 5.10 Å². The molecule has 2 aliphatic rings. The number of aromatic nitrogens is 2. The lowest BCUT2D eigenvalue weighted by Crippen LogP contribution is -2.34. The number of rotatable bonds is 3. The topological polar surface area (TPSA) is 33.1 Å². The van der Waals surface area contributed by atoms with Gasteiger partial charge in [-0.15, -0.1) is 0 Å². The van der Waals surface area contributed by atoms with Gasteiger partial charge in [0.25, 0.3) is 0 Å². The summed E-state index contributed by atoms with van der Waals surface area (Å²) in [5.74, 6) is 1.95. The zero-order valence-corrected chi connectivity index (χ0v) is 11.6. The van der Waals surface area contributed by atoms with Crippen LogP contribution in [0.15, 0.2) is 0 Å². The van der Waals surface area contributed by atoms with E-state index in [4.69, 9.17) is 5.10 Å². The lowest BCUT2D eigenvalue weighted by molar-refractivity contribution is 0.215. The molecular formula is C14H24N4. The second-order valence-corrected chi connectivity index (χ2v) is 5.44. The van der Waals surface area contributed by atoms with Gasteiger partial charge in [-0.25, -0.2) is 4.68 Å². The van der Waals surface area contributed by atoms with Crippen molar-refractivity contribution in [2.75, 3.05) is 31.5 Å². The Morgan fingerprint density at radius 2 is 2.22 bits per heavy atom. The molecule has 0 bridgehead atoms. The summed E-state index contributed by atoms with van der Waals surface area (Å²) in [7, 11) is 0. The van der Waals surface area contributed by atoms with Gasteiger partial charge >= 0.3 is 0 Å². The van der Waals surface area contributed by atoms with Crippen molar-refractivity contribution in [2.45, 2.75) is 45.6 Å². The van der Waals surface area contributed by atoms with E-state index in [1.807, 2.05) is 0 Å². The van der Waals surface area contributed by atoms with Crippen LogP contribution in [-0.2, 0) is 13.0 Å². The van der Waals surface area contributed by atoms with E-state index in [9.17, 15) is 0 Å². The molecule has 4 nitrogen and oxygen atoms in total. The summed E-state index contributed by atoms with van der Waals surface area (Å²) in [6.45, 7) is 10.1. The Morgan fingerprint density at radius 1 is 1.33 bits per heavy atom. The first-order chi connectivity index (χ1) is 8.83.